The predicted molar refractivity (Wildman–Crippen MR) is 118 cm³/mol. The molecule has 4 rings (SSSR count). The summed E-state index contributed by atoms with van der Waals surface area (Å²) in [6.45, 7) is 4.14. The second-order valence-corrected chi connectivity index (χ2v) is 7.21. The van der Waals surface area contributed by atoms with Crippen molar-refractivity contribution in [2.75, 3.05) is 31.2 Å². The molecule has 1 N–H and O–H groups in total. The summed E-state index contributed by atoms with van der Waals surface area (Å²) in [6.07, 6.45) is 0. The van der Waals surface area contributed by atoms with E-state index in [2.05, 4.69) is 22.3 Å². The molecule has 1 heterocycles. The average Bonchev–Trinajstić information content (AvgIpc) is 2.83. The number of carbonyl (C=O) groups is 1. The lowest BCUT2D eigenvalue weighted by molar-refractivity contribution is 0.0950. The Kier molecular flexibility index (Phi) is 6.62. The Balaban J connectivity index is 1.38. The number of amides is 1. The van der Waals surface area contributed by atoms with Gasteiger partial charge in [-0.25, -0.2) is 0 Å². The number of morpholine rings is 1. The summed E-state index contributed by atoms with van der Waals surface area (Å²) in [7, 11) is 0. The first-order valence-corrected chi connectivity index (χ1v) is 10.3. The Bertz CT molecular complexity index is 969. The highest BCUT2D eigenvalue weighted by Crippen LogP contribution is 2.22. The van der Waals surface area contributed by atoms with E-state index in [9.17, 15) is 4.79 Å². The normalized spacial score (nSPS) is 13.7. The van der Waals surface area contributed by atoms with Crippen molar-refractivity contribution in [2.45, 2.75) is 13.2 Å². The molecule has 0 spiro atoms. The summed E-state index contributed by atoms with van der Waals surface area (Å²) in [4.78, 5) is 15.0. The number of carbonyl (C=O) groups excluding carboxylic acids is 1. The molecule has 1 aliphatic heterocycles. The van der Waals surface area contributed by atoms with E-state index in [-0.39, 0.29) is 5.91 Å². The Morgan fingerprint density at radius 3 is 2.53 bits per heavy atom. The minimum atomic E-state index is -0.114. The lowest BCUT2D eigenvalue weighted by Gasteiger charge is -2.30. The van der Waals surface area contributed by atoms with Gasteiger partial charge in [0, 0.05) is 30.9 Å². The third-order valence-corrected chi connectivity index (χ3v) is 5.13. The highest BCUT2D eigenvalue weighted by atomic mass is 16.5. The molecule has 154 valence electrons. The highest BCUT2D eigenvalue weighted by molar-refractivity contribution is 5.94. The molecule has 0 unspecified atom stereocenters. The molecule has 5 nitrogen and oxygen atoms in total. The number of nitrogens with zero attached hydrogens (tertiary/aromatic N) is 1. The van der Waals surface area contributed by atoms with Crippen molar-refractivity contribution in [1.82, 2.24) is 5.32 Å². The van der Waals surface area contributed by atoms with Gasteiger partial charge in [0.25, 0.3) is 5.91 Å². The number of hydrogen-bond donors (Lipinski definition) is 1. The number of para-hydroxylation sites is 1. The molecule has 0 radical (unpaired) electrons. The Morgan fingerprint density at radius 1 is 0.933 bits per heavy atom. The van der Waals surface area contributed by atoms with E-state index in [0.717, 1.165) is 43.1 Å². The van der Waals surface area contributed by atoms with Gasteiger partial charge in [-0.15, -0.1) is 0 Å². The van der Waals surface area contributed by atoms with E-state index < -0.39 is 0 Å². The summed E-state index contributed by atoms with van der Waals surface area (Å²) >= 11 is 0. The molecule has 0 aliphatic carbocycles. The molecule has 1 aliphatic rings. The quantitative estimate of drug-likeness (QED) is 0.648. The first-order chi connectivity index (χ1) is 14.8. The van der Waals surface area contributed by atoms with Gasteiger partial charge in [-0.1, -0.05) is 54.6 Å². The number of nitrogens with one attached hydrogen (secondary N) is 1. The van der Waals surface area contributed by atoms with Gasteiger partial charge in [-0.3, -0.25) is 4.79 Å². The molecular formula is C25H26N2O3. The van der Waals surface area contributed by atoms with Gasteiger partial charge in [-0.05, 0) is 35.4 Å². The zero-order valence-electron chi connectivity index (χ0n) is 16.9. The van der Waals surface area contributed by atoms with Crippen molar-refractivity contribution >= 4 is 11.6 Å². The topological polar surface area (TPSA) is 50.8 Å². The molecule has 30 heavy (non-hydrogen) atoms. The Labute approximate surface area is 177 Å². The molecule has 1 saturated heterocycles. The predicted octanol–water partition coefficient (Wildman–Crippen LogP) is 4.03. The zero-order valence-corrected chi connectivity index (χ0v) is 16.9. The largest absolute Gasteiger partial charge is 0.489 e. The second kappa shape index (κ2) is 9.94. The number of hydrogen-bond acceptors (Lipinski definition) is 4. The SMILES string of the molecule is O=C(NCc1ccccc1N1CCOCC1)c1cccc(OCc2ccccc2)c1. The van der Waals surface area contributed by atoms with Crippen LogP contribution < -0.4 is 15.0 Å². The van der Waals surface area contributed by atoms with Crippen LogP contribution in [0.1, 0.15) is 21.5 Å². The van der Waals surface area contributed by atoms with Crippen LogP contribution in [0.3, 0.4) is 0 Å². The van der Waals surface area contributed by atoms with Crippen molar-refractivity contribution in [3.05, 3.63) is 95.6 Å². The molecule has 3 aromatic carbocycles. The number of ether oxygens (including phenoxy) is 2. The maximum atomic E-state index is 12.7. The van der Waals surface area contributed by atoms with Crippen LogP contribution in [0.15, 0.2) is 78.9 Å². The Hall–Kier alpha value is -3.31. The molecule has 0 aromatic heterocycles. The summed E-state index contributed by atoms with van der Waals surface area (Å²) in [6, 6.07) is 25.5. The van der Waals surface area contributed by atoms with Crippen LogP contribution >= 0.6 is 0 Å². The monoisotopic (exact) mass is 402 g/mol. The minimum absolute atomic E-state index is 0.114. The second-order valence-electron chi connectivity index (χ2n) is 7.21. The van der Waals surface area contributed by atoms with Gasteiger partial charge in [0.1, 0.15) is 12.4 Å². The maximum absolute atomic E-state index is 12.7. The van der Waals surface area contributed by atoms with E-state index in [1.165, 1.54) is 0 Å². The smallest absolute Gasteiger partial charge is 0.251 e. The molecular weight excluding hydrogens is 376 g/mol. The van der Waals surface area contributed by atoms with Crippen LogP contribution in [-0.2, 0) is 17.9 Å². The zero-order chi connectivity index (χ0) is 20.6. The van der Waals surface area contributed by atoms with Gasteiger partial charge in [0.15, 0.2) is 0 Å². The molecule has 1 amide bonds. The number of anilines is 1. The van der Waals surface area contributed by atoms with Crippen molar-refractivity contribution in [3.63, 3.8) is 0 Å². The minimum Gasteiger partial charge on any atom is -0.489 e. The highest BCUT2D eigenvalue weighted by Gasteiger charge is 2.15. The third kappa shape index (κ3) is 5.19. The van der Waals surface area contributed by atoms with E-state index in [0.29, 0.717) is 24.5 Å². The van der Waals surface area contributed by atoms with E-state index >= 15 is 0 Å². The fourth-order valence-electron chi connectivity index (χ4n) is 3.52. The van der Waals surface area contributed by atoms with Crippen molar-refractivity contribution < 1.29 is 14.3 Å². The molecule has 1 fully saturated rings. The Morgan fingerprint density at radius 2 is 1.70 bits per heavy atom. The average molecular weight is 402 g/mol. The van der Waals surface area contributed by atoms with Crippen molar-refractivity contribution in [2.24, 2.45) is 0 Å². The van der Waals surface area contributed by atoms with Gasteiger partial charge in [-0.2, -0.15) is 0 Å². The maximum Gasteiger partial charge on any atom is 0.251 e. The fourth-order valence-corrected chi connectivity index (χ4v) is 3.52. The first kappa shape index (κ1) is 20.0. The van der Waals surface area contributed by atoms with Gasteiger partial charge in [0.05, 0.1) is 13.2 Å². The third-order valence-electron chi connectivity index (χ3n) is 5.13. The van der Waals surface area contributed by atoms with Crippen LogP contribution in [-0.4, -0.2) is 32.2 Å². The molecule has 0 atom stereocenters. The molecule has 0 saturated carbocycles. The summed E-state index contributed by atoms with van der Waals surface area (Å²) in [5.41, 5.74) is 3.93. The van der Waals surface area contributed by atoms with Crippen molar-refractivity contribution in [1.29, 1.82) is 0 Å². The van der Waals surface area contributed by atoms with Crippen molar-refractivity contribution in [3.8, 4) is 5.75 Å². The van der Waals surface area contributed by atoms with Gasteiger partial charge >= 0.3 is 0 Å². The summed E-state index contributed by atoms with van der Waals surface area (Å²) in [5.74, 6) is 0.567. The summed E-state index contributed by atoms with van der Waals surface area (Å²) < 4.78 is 11.3. The molecule has 5 heteroatoms. The van der Waals surface area contributed by atoms with Crippen LogP contribution in [0.2, 0.25) is 0 Å². The van der Waals surface area contributed by atoms with E-state index in [1.807, 2.05) is 54.6 Å². The molecule has 3 aromatic rings. The van der Waals surface area contributed by atoms with E-state index in [4.69, 9.17) is 9.47 Å². The lowest BCUT2D eigenvalue weighted by Crippen LogP contribution is -2.37. The fraction of sp³-hybridized carbons (Fsp3) is 0.240. The summed E-state index contributed by atoms with van der Waals surface area (Å²) in [5, 5.41) is 3.04. The van der Waals surface area contributed by atoms with E-state index in [1.54, 1.807) is 12.1 Å². The number of benzene rings is 3. The molecule has 0 bridgehead atoms. The van der Waals surface area contributed by atoms with Crippen LogP contribution in [0.25, 0.3) is 0 Å². The number of rotatable bonds is 7. The van der Waals surface area contributed by atoms with Crippen LogP contribution in [0.5, 0.6) is 5.75 Å². The van der Waals surface area contributed by atoms with Crippen LogP contribution in [0.4, 0.5) is 5.69 Å². The van der Waals surface area contributed by atoms with Crippen LogP contribution in [0, 0.1) is 0 Å². The van der Waals surface area contributed by atoms with Gasteiger partial charge in [0.2, 0.25) is 0 Å². The van der Waals surface area contributed by atoms with Gasteiger partial charge < -0.3 is 19.7 Å². The standard InChI is InChI=1S/C25H26N2O3/c28-25(21-10-6-11-23(17-21)30-19-20-7-2-1-3-8-20)26-18-22-9-4-5-12-24(22)27-13-15-29-16-14-27/h1-12,17H,13-16,18-19H2,(H,26,28). The first-order valence-electron chi connectivity index (χ1n) is 10.3. The lowest BCUT2D eigenvalue weighted by atomic mass is 10.1.